The molecular weight excluding hydrogens is 254 g/mol. The van der Waals surface area contributed by atoms with Crippen molar-refractivity contribution >= 4 is 33.2 Å². The maximum atomic E-state index is 6.17. The summed E-state index contributed by atoms with van der Waals surface area (Å²) in [5.74, 6) is 0.645. The van der Waals surface area contributed by atoms with E-state index in [4.69, 9.17) is 11.6 Å². The molecule has 0 amide bonds. The standard InChI is InChI=1S/C12H8ClN3S/c1-7-6-9-10(13)15-11(16-12(9)17-7)8-2-4-14-5-3-8/h2-6H,1H3. The Balaban J connectivity index is 2.25. The molecule has 0 atom stereocenters. The first-order valence-electron chi connectivity index (χ1n) is 5.08. The number of hydrogen-bond acceptors (Lipinski definition) is 4. The monoisotopic (exact) mass is 261 g/mol. The summed E-state index contributed by atoms with van der Waals surface area (Å²) in [6, 6.07) is 5.76. The minimum atomic E-state index is 0.506. The smallest absolute Gasteiger partial charge is 0.162 e. The van der Waals surface area contributed by atoms with Crippen LogP contribution in [-0.2, 0) is 0 Å². The van der Waals surface area contributed by atoms with Gasteiger partial charge in [-0.25, -0.2) is 9.97 Å². The van der Waals surface area contributed by atoms with Crippen molar-refractivity contribution in [2.24, 2.45) is 0 Å². The van der Waals surface area contributed by atoms with Crippen LogP contribution in [0.4, 0.5) is 0 Å². The maximum Gasteiger partial charge on any atom is 0.162 e. The fraction of sp³-hybridized carbons (Fsp3) is 0.0833. The van der Waals surface area contributed by atoms with E-state index in [1.165, 1.54) is 4.88 Å². The first-order valence-corrected chi connectivity index (χ1v) is 6.27. The lowest BCUT2D eigenvalue weighted by atomic mass is 10.2. The predicted octanol–water partition coefficient (Wildman–Crippen LogP) is 3.72. The average molecular weight is 262 g/mol. The molecule has 0 spiro atoms. The summed E-state index contributed by atoms with van der Waals surface area (Å²) in [5, 5.41) is 1.43. The summed E-state index contributed by atoms with van der Waals surface area (Å²) in [6.07, 6.45) is 3.44. The lowest BCUT2D eigenvalue weighted by molar-refractivity contribution is 1.22. The SMILES string of the molecule is Cc1cc2c(Cl)nc(-c3ccncc3)nc2s1. The highest BCUT2D eigenvalue weighted by molar-refractivity contribution is 7.18. The fourth-order valence-electron chi connectivity index (χ4n) is 1.64. The molecule has 0 saturated carbocycles. The van der Waals surface area contributed by atoms with Crippen molar-refractivity contribution in [3.63, 3.8) is 0 Å². The van der Waals surface area contributed by atoms with Crippen LogP contribution < -0.4 is 0 Å². The van der Waals surface area contributed by atoms with E-state index in [1.54, 1.807) is 23.7 Å². The van der Waals surface area contributed by atoms with Crippen molar-refractivity contribution in [1.82, 2.24) is 15.0 Å². The van der Waals surface area contributed by atoms with Crippen LogP contribution in [-0.4, -0.2) is 15.0 Å². The highest BCUT2D eigenvalue weighted by atomic mass is 35.5. The third-order valence-corrected chi connectivity index (χ3v) is 3.64. The zero-order chi connectivity index (χ0) is 11.8. The van der Waals surface area contributed by atoms with Gasteiger partial charge in [-0.1, -0.05) is 11.6 Å². The number of aromatic nitrogens is 3. The van der Waals surface area contributed by atoms with E-state index in [1.807, 2.05) is 25.1 Å². The molecule has 0 aliphatic rings. The van der Waals surface area contributed by atoms with Crippen molar-refractivity contribution in [2.45, 2.75) is 6.92 Å². The molecule has 17 heavy (non-hydrogen) atoms. The highest BCUT2D eigenvalue weighted by Gasteiger charge is 2.09. The summed E-state index contributed by atoms with van der Waals surface area (Å²) in [4.78, 5) is 14.9. The van der Waals surface area contributed by atoms with Gasteiger partial charge in [0.15, 0.2) is 5.82 Å². The van der Waals surface area contributed by atoms with Crippen LogP contribution in [0.15, 0.2) is 30.6 Å². The molecule has 0 fully saturated rings. The molecule has 0 aromatic carbocycles. The number of thiophene rings is 1. The number of nitrogens with zero attached hydrogens (tertiary/aromatic N) is 3. The molecule has 84 valence electrons. The molecule has 0 bridgehead atoms. The molecule has 0 radical (unpaired) electrons. The van der Waals surface area contributed by atoms with Crippen LogP contribution in [0.25, 0.3) is 21.6 Å². The summed E-state index contributed by atoms with van der Waals surface area (Å²) in [6.45, 7) is 2.04. The second-order valence-corrected chi connectivity index (χ2v) is 5.24. The lowest BCUT2D eigenvalue weighted by Gasteiger charge is -2.00. The quantitative estimate of drug-likeness (QED) is 0.627. The average Bonchev–Trinajstić information content (AvgIpc) is 2.71. The van der Waals surface area contributed by atoms with Gasteiger partial charge in [0.05, 0.1) is 0 Å². The number of pyridine rings is 1. The van der Waals surface area contributed by atoms with Gasteiger partial charge in [0.2, 0.25) is 0 Å². The molecular formula is C12H8ClN3S. The van der Waals surface area contributed by atoms with Crippen LogP contribution in [0.1, 0.15) is 4.88 Å². The van der Waals surface area contributed by atoms with E-state index in [0.29, 0.717) is 11.0 Å². The van der Waals surface area contributed by atoms with Crippen molar-refractivity contribution in [3.8, 4) is 11.4 Å². The zero-order valence-corrected chi connectivity index (χ0v) is 10.6. The minimum absolute atomic E-state index is 0.506. The predicted molar refractivity (Wildman–Crippen MR) is 70.4 cm³/mol. The number of hydrogen-bond donors (Lipinski definition) is 0. The largest absolute Gasteiger partial charge is 0.265 e. The Kier molecular flexibility index (Phi) is 2.53. The van der Waals surface area contributed by atoms with Crippen LogP contribution in [0.5, 0.6) is 0 Å². The Morgan fingerprint density at radius 3 is 2.71 bits per heavy atom. The van der Waals surface area contributed by atoms with Crippen molar-refractivity contribution in [3.05, 3.63) is 40.6 Å². The maximum absolute atomic E-state index is 6.17. The van der Waals surface area contributed by atoms with E-state index in [-0.39, 0.29) is 0 Å². The summed E-state index contributed by atoms with van der Waals surface area (Å²) in [5.41, 5.74) is 0.926. The second-order valence-electron chi connectivity index (χ2n) is 3.65. The van der Waals surface area contributed by atoms with Crippen LogP contribution in [0.3, 0.4) is 0 Å². The van der Waals surface area contributed by atoms with Gasteiger partial charge in [0.25, 0.3) is 0 Å². The van der Waals surface area contributed by atoms with E-state index < -0.39 is 0 Å². The molecule has 3 rings (SSSR count). The first-order chi connectivity index (χ1) is 8.24. The zero-order valence-electron chi connectivity index (χ0n) is 9.01. The third kappa shape index (κ3) is 1.90. The van der Waals surface area contributed by atoms with E-state index in [9.17, 15) is 0 Å². The molecule has 3 heterocycles. The van der Waals surface area contributed by atoms with E-state index in [0.717, 1.165) is 15.8 Å². The van der Waals surface area contributed by atoms with Crippen LogP contribution in [0, 0.1) is 6.92 Å². The van der Waals surface area contributed by atoms with Crippen LogP contribution >= 0.6 is 22.9 Å². The van der Waals surface area contributed by atoms with Gasteiger partial charge in [-0.05, 0) is 25.1 Å². The minimum Gasteiger partial charge on any atom is -0.265 e. The molecule has 0 aliphatic heterocycles. The Morgan fingerprint density at radius 2 is 1.94 bits per heavy atom. The Hall–Kier alpha value is -1.52. The van der Waals surface area contributed by atoms with Gasteiger partial charge in [-0.2, -0.15) is 0 Å². The highest BCUT2D eigenvalue weighted by Crippen LogP contribution is 2.30. The molecule has 0 unspecified atom stereocenters. The molecule has 3 aromatic rings. The van der Waals surface area contributed by atoms with Crippen LogP contribution in [0.2, 0.25) is 5.15 Å². The van der Waals surface area contributed by atoms with Gasteiger partial charge in [0, 0.05) is 28.2 Å². The van der Waals surface area contributed by atoms with Gasteiger partial charge in [-0.3, -0.25) is 4.98 Å². The number of fused-ring (bicyclic) bond motifs is 1. The summed E-state index contributed by atoms with van der Waals surface area (Å²) in [7, 11) is 0. The Labute approximate surface area is 107 Å². The van der Waals surface area contributed by atoms with Gasteiger partial charge in [-0.15, -0.1) is 11.3 Å². The molecule has 0 aliphatic carbocycles. The number of halogens is 1. The normalized spacial score (nSPS) is 10.9. The van der Waals surface area contributed by atoms with Gasteiger partial charge < -0.3 is 0 Å². The fourth-order valence-corrected chi connectivity index (χ4v) is 2.80. The molecule has 3 nitrogen and oxygen atoms in total. The van der Waals surface area contributed by atoms with E-state index in [2.05, 4.69) is 15.0 Å². The second kappa shape index (κ2) is 4.05. The summed E-state index contributed by atoms with van der Waals surface area (Å²) >= 11 is 7.79. The molecule has 3 aromatic heterocycles. The Morgan fingerprint density at radius 1 is 1.18 bits per heavy atom. The number of aryl methyl sites for hydroxylation is 1. The van der Waals surface area contributed by atoms with E-state index >= 15 is 0 Å². The van der Waals surface area contributed by atoms with Crippen molar-refractivity contribution in [2.75, 3.05) is 0 Å². The third-order valence-electron chi connectivity index (χ3n) is 2.41. The number of rotatable bonds is 1. The topological polar surface area (TPSA) is 38.7 Å². The Bertz CT molecular complexity index is 679. The summed E-state index contributed by atoms with van der Waals surface area (Å²) < 4.78 is 0. The van der Waals surface area contributed by atoms with Crippen molar-refractivity contribution in [1.29, 1.82) is 0 Å². The molecule has 0 N–H and O–H groups in total. The first kappa shape index (κ1) is 10.6. The van der Waals surface area contributed by atoms with Gasteiger partial charge >= 0.3 is 0 Å². The van der Waals surface area contributed by atoms with Crippen molar-refractivity contribution < 1.29 is 0 Å². The lowest BCUT2D eigenvalue weighted by Crippen LogP contribution is -1.89. The molecule has 0 saturated heterocycles. The van der Waals surface area contributed by atoms with Gasteiger partial charge in [0.1, 0.15) is 9.98 Å². The molecule has 5 heteroatoms.